The van der Waals surface area contributed by atoms with Crippen LogP contribution in [0.4, 0.5) is 4.39 Å². The van der Waals surface area contributed by atoms with E-state index < -0.39 is 34.7 Å². The summed E-state index contributed by atoms with van der Waals surface area (Å²) in [5.41, 5.74) is 5.10. The number of carbonyl (C=O) groups is 1. The van der Waals surface area contributed by atoms with Crippen LogP contribution >= 0.6 is 11.6 Å². The molecule has 0 spiro atoms. The zero-order chi connectivity index (χ0) is 14.2. The molecule has 1 aliphatic rings. The number of carbonyl (C=O) groups excluding carboxylic acids is 1. The third-order valence-corrected chi connectivity index (χ3v) is 4.87. The molecule has 1 aromatic heterocycles. The third kappa shape index (κ3) is 2.70. The highest BCUT2D eigenvalue weighted by atomic mass is 35.5. The van der Waals surface area contributed by atoms with Crippen molar-refractivity contribution in [2.75, 3.05) is 6.54 Å². The summed E-state index contributed by atoms with van der Waals surface area (Å²) in [6, 6.07) is 0.00650. The first-order valence-electron chi connectivity index (χ1n) is 5.38. The molecular weight excluding hydrogens is 297 g/mol. The second-order valence-electron chi connectivity index (χ2n) is 4.16. The van der Waals surface area contributed by atoms with E-state index in [0.717, 1.165) is 10.5 Å². The SMILES string of the molecule is NC(=O)[C@@H]1C[C@@H](F)CN1S(=O)(=O)c1cncc(Cl)c1. The van der Waals surface area contributed by atoms with Gasteiger partial charge in [-0.05, 0) is 6.07 Å². The fourth-order valence-corrected chi connectivity index (χ4v) is 3.81. The molecule has 1 saturated heterocycles. The van der Waals surface area contributed by atoms with Gasteiger partial charge in [-0.25, -0.2) is 12.8 Å². The molecule has 0 unspecified atom stereocenters. The zero-order valence-electron chi connectivity index (χ0n) is 9.66. The van der Waals surface area contributed by atoms with Crippen LogP contribution in [0.2, 0.25) is 5.02 Å². The highest BCUT2D eigenvalue weighted by molar-refractivity contribution is 7.89. The number of nitrogens with zero attached hydrogens (tertiary/aromatic N) is 2. The number of primary amides is 1. The van der Waals surface area contributed by atoms with Crippen LogP contribution in [-0.4, -0.2) is 42.4 Å². The van der Waals surface area contributed by atoms with Crippen LogP contribution in [0, 0.1) is 0 Å². The van der Waals surface area contributed by atoms with Gasteiger partial charge < -0.3 is 5.73 Å². The zero-order valence-corrected chi connectivity index (χ0v) is 11.2. The lowest BCUT2D eigenvalue weighted by molar-refractivity contribution is -0.121. The van der Waals surface area contributed by atoms with E-state index in [4.69, 9.17) is 17.3 Å². The van der Waals surface area contributed by atoms with Gasteiger partial charge in [-0.3, -0.25) is 9.78 Å². The Bertz CT molecular complexity index is 610. The molecule has 0 radical (unpaired) electrons. The maximum Gasteiger partial charge on any atom is 0.245 e. The molecule has 1 amide bonds. The fourth-order valence-electron chi connectivity index (χ4n) is 1.95. The molecule has 0 bridgehead atoms. The largest absolute Gasteiger partial charge is 0.368 e. The minimum atomic E-state index is -4.04. The van der Waals surface area contributed by atoms with Crippen molar-refractivity contribution in [1.82, 2.24) is 9.29 Å². The predicted molar refractivity (Wildman–Crippen MR) is 65.6 cm³/mol. The van der Waals surface area contributed by atoms with Crippen LogP contribution < -0.4 is 5.73 Å². The topological polar surface area (TPSA) is 93.4 Å². The lowest BCUT2D eigenvalue weighted by Crippen LogP contribution is -2.43. The van der Waals surface area contributed by atoms with Gasteiger partial charge in [0.25, 0.3) is 0 Å². The van der Waals surface area contributed by atoms with Crippen molar-refractivity contribution < 1.29 is 17.6 Å². The predicted octanol–water partition coefficient (Wildman–Crippen LogP) is 0.321. The molecule has 9 heteroatoms. The molecule has 0 aliphatic carbocycles. The van der Waals surface area contributed by atoms with Crippen molar-refractivity contribution >= 4 is 27.5 Å². The highest BCUT2D eigenvalue weighted by Gasteiger charge is 2.43. The summed E-state index contributed by atoms with van der Waals surface area (Å²) in [4.78, 5) is 14.7. The molecule has 2 N–H and O–H groups in total. The van der Waals surface area contributed by atoms with E-state index in [0.29, 0.717) is 0 Å². The maximum atomic E-state index is 13.4. The number of rotatable bonds is 3. The Kier molecular flexibility index (Phi) is 3.75. The quantitative estimate of drug-likeness (QED) is 0.870. The summed E-state index contributed by atoms with van der Waals surface area (Å²) in [5, 5.41) is 0.132. The van der Waals surface area contributed by atoms with Crippen LogP contribution in [0.1, 0.15) is 6.42 Å². The van der Waals surface area contributed by atoms with Crippen molar-refractivity contribution in [2.24, 2.45) is 5.73 Å². The van der Waals surface area contributed by atoms with Crippen molar-refractivity contribution in [3.63, 3.8) is 0 Å². The van der Waals surface area contributed by atoms with Gasteiger partial charge >= 0.3 is 0 Å². The second kappa shape index (κ2) is 5.03. The number of hydrogen-bond acceptors (Lipinski definition) is 4. The average molecular weight is 308 g/mol. The summed E-state index contributed by atoms with van der Waals surface area (Å²) in [6.45, 7) is -0.400. The summed E-state index contributed by atoms with van der Waals surface area (Å²) in [7, 11) is -4.04. The van der Waals surface area contributed by atoms with Gasteiger partial charge in [0.1, 0.15) is 17.1 Å². The van der Waals surface area contributed by atoms with E-state index in [1.54, 1.807) is 0 Å². The van der Waals surface area contributed by atoms with Gasteiger partial charge in [-0.15, -0.1) is 0 Å². The number of sulfonamides is 1. The Labute approximate surface area is 114 Å². The van der Waals surface area contributed by atoms with Crippen LogP contribution in [0.15, 0.2) is 23.4 Å². The van der Waals surface area contributed by atoms with E-state index in [9.17, 15) is 17.6 Å². The number of pyridine rings is 1. The smallest absolute Gasteiger partial charge is 0.245 e. The molecule has 19 heavy (non-hydrogen) atoms. The lowest BCUT2D eigenvalue weighted by Gasteiger charge is -2.21. The third-order valence-electron chi connectivity index (χ3n) is 2.82. The molecular formula is C10H11ClFN3O3S. The standard InChI is InChI=1S/C10H11ClFN3O3S/c11-6-1-8(4-14-3-6)19(17,18)15-5-7(12)2-9(15)10(13)16/h1,3-4,7,9H,2,5H2,(H2,13,16)/t7-,9+/m1/s1. The van der Waals surface area contributed by atoms with Crippen LogP contribution in [0.5, 0.6) is 0 Å². The molecule has 2 heterocycles. The van der Waals surface area contributed by atoms with Crippen LogP contribution in [0.3, 0.4) is 0 Å². The van der Waals surface area contributed by atoms with Crippen molar-refractivity contribution in [1.29, 1.82) is 0 Å². The number of halogens is 2. The molecule has 2 rings (SSSR count). The first kappa shape index (κ1) is 14.2. The molecule has 1 aliphatic heterocycles. The van der Waals surface area contributed by atoms with Crippen molar-refractivity contribution in [3.8, 4) is 0 Å². The first-order chi connectivity index (χ1) is 8.82. The molecule has 0 saturated carbocycles. The Morgan fingerprint density at radius 1 is 1.53 bits per heavy atom. The maximum absolute atomic E-state index is 13.4. The molecule has 104 valence electrons. The number of nitrogens with two attached hydrogens (primary N) is 1. The Balaban J connectivity index is 2.41. The molecule has 2 atom stereocenters. The minimum absolute atomic E-state index is 0.132. The van der Waals surface area contributed by atoms with Gasteiger partial charge in [0.2, 0.25) is 15.9 Å². The second-order valence-corrected chi connectivity index (χ2v) is 6.49. The van der Waals surface area contributed by atoms with Gasteiger partial charge in [0.15, 0.2) is 0 Å². The van der Waals surface area contributed by atoms with Gasteiger partial charge in [0.05, 0.1) is 5.02 Å². The van der Waals surface area contributed by atoms with Crippen molar-refractivity contribution in [3.05, 3.63) is 23.5 Å². The normalized spacial score (nSPS) is 24.5. The van der Waals surface area contributed by atoms with Gasteiger partial charge in [0, 0.05) is 25.4 Å². The van der Waals surface area contributed by atoms with Crippen LogP contribution in [0.25, 0.3) is 0 Å². The van der Waals surface area contributed by atoms with Crippen LogP contribution in [-0.2, 0) is 14.8 Å². The summed E-state index contributed by atoms with van der Waals surface area (Å²) >= 11 is 5.67. The average Bonchev–Trinajstić information content (AvgIpc) is 2.72. The fraction of sp³-hybridized carbons (Fsp3) is 0.400. The van der Waals surface area contributed by atoms with Gasteiger partial charge in [-0.1, -0.05) is 11.6 Å². The molecule has 6 nitrogen and oxygen atoms in total. The van der Waals surface area contributed by atoms with E-state index >= 15 is 0 Å². The monoisotopic (exact) mass is 307 g/mol. The summed E-state index contributed by atoms with van der Waals surface area (Å²) in [6.07, 6.45) is 0.709. The Morgan fingerprint density at radius 3 is 2.79 bits per heavy atom. The number of hydrogen-bond donors (Lipinski definition) is 1. The number of amides is 1. The highest BCUT2D eigenvalue weighted by Crippen LogP contribution is 2.28. The van der Waals surface area contributed by atoms with E-state index in [1.807, 2.05) is 0 Å². The number of aromatic nitrogens is 1. The van der Waals surface area contributed by atoms with E-state index in [2.05, 4.69) is 4.98 Å². The van der Waals surface area contributed by atoms with Gasteiger partial charge in [-0.2, -0.15) is 4.31 Å². The Hall–Kier alpha value is -1.25. The van der Waals surface area contributed by atoms with E-state index in [-0.39, 0.29) is 16.3 Å². The summed E-state index contributed by atoms with van der Waals surface area (Å²) in [5.74, 6) is -0.876. The first-order valence-corrected chi connectivity index (χ1v) is 7.20. The van der Waals surface area contributed by atoms with E-state index in [1.165, 1.54) is 12.3 Å². The molecule has 0 aromatic carbocycles. The molecule has 1 fully saturated rings. The number of alkyl halides is 1. The lowest BCUT2D eigenvalue weighted by atomic mass is 10.2. The van der Waals surface area contributed by atoms with Crippen molar-refractivity contribution in [2.45, 2.75) is 23.5 Å². The molecule has 1 aromatic rings. The summed E-state index contributed by atoms with van der Waals surface area (Å²) < 4.78 is 38.7. The minimum Gasteiger partial charge on any atom is -0.368 e. The Morgan fingerprint density at radius 2 is 2.21 bits per heavy atom.